The lowest BCUT2D eigenvalue weighted by Gasteiger charge is -2.19. The summed E-state index contributed by atoms with van der Waals surface area (Å²) in [6.07, 6.45) is -0.406. The number of benzene rings is 2. The number of methoxy groups -OCH3 is 2. The topological polar surface area (TPSA) is 63.2 Å². The maximum Gasteiger partial charge on any atom is 0.309 e. The van der Waals surface area contributed by atoms with E-state index < -0.39 is 6.29 Å². The van der Waals surface area contributed by atoms with E-state index in [1.54, 1.807) is 7.11 Å². The van der Waals surface area contributed by atoms with Crippen molar-refractivity contribution in [1.82, 2.24) is 0 Å². The minimum atomic E-state index is -0.540. The van der Waals surface area contributed by atoms with Gasteiger partial charge in [0.15, 0.2) is 6.29 Å². The molecule has 1 heterocycles. The van der Waals surface area contributed by atoms with Crippen molar-refractivity contribution in [3.63, 3.8) is 0 Å². The van der Waals surface area contributed by atoms with Crippen LogP contribution in [-0.4, -0.2) is 33.4 Å². The van der Waals surface area contributed by atoms with Gasteiger partial charge < -0.3 is 23.7 Å². The van der Waals surface area contributed by atoms with Crippen LogP contribution in [0.4, 0.5) is 0 Å². The zero-order valence-electron chi connectivity index (χ0n) is 18.9. The van der Waals surface area contributed by atoms with Gasteiger partial charge in [0.1, 0.15) is 18.1 Å². The van der Waals surface area contributed by atoms with Crippen LogP contribution in [0.5, 0.6) is 11.5 Å². The molecule has 0 spiro atoms. The summed E-state index contributed by atoms with van der Waals surface area (Å²) in [5, 5.41) is 0. The molecule has 30 heavy (non-hydrogen) atoms. The van der Waals surface area contributed by atoms with Crippen LogP contribution in [0.1, 0.15) is 50.7 Å². The highest BCUT2D eigenvalue weighted by Crippen LogP contribution is 2.35. The lowest BCUT2D eigenvalue weighted by Crippen LogP contribution is -2.12. The normalized spacial score (nSPS) is 12.7. The van der Waals surface area contributed by atoms with E-state index in [4.69, 9.17) is 23.7 Å². The van der Waals surface area contributed by atoms with E-state index in [0.29, 0.717) is 25.6 Å². The maximum absolute atomic E-state index is 11.7. The number of ether oxygens (including phenoxy) is 5. The molecule has 166 valence electrons. The zero-order chi connectivity index (χ0) is 22.4. The van der Waals surface area contributed by atoms with E-state index in [2.05, 4.69) is 0 Å². The third-order valence-electron chi connectivity index (χ3n) is 4.13. The van der Waals surface area contributed by atoms with Crippen LogP contribution in [0, 0.1) is 0 Å². The molecule has 0 aliphatic carbocycles. The van der Waals surface area contributed by atoms with Crippen molar-refractivity contribution < 1.29 is 28.5 Å². The molecule has 1 fully saturated rings. The van der Waals surface area contributed by atoms with E-state index in [-0.39, 0.29) is 12.4 Å². The molecule has 0 radical (unpaired) electrons. The van der Waals surface area contributed by atoms with Gasteiger partial charge in [-0.2, -0.15) is 0 Å². The average Bonchev–Trinajstić information content (AvgIpc) is 3.35. The van der Waals surface area contributed by atoms with Crippen LogP contribution in [-0.2, 0) is 32.0 Å². The Kier molecular flexibility index (Phi) is 12.2. The molecule has 0 unspecified atom stereocenters. The molecule has 0 aromatic heterocycles. The Hall–Kier alpha value is -2.57. The van der Waals surface area contributed by atoms with E-state index in [1.165, 1.54) is 7.11 Å². The number of rotatable bonds is 7. The van der Waals surface area contributed by atoms with Crippen molar-refractivity contribution in [1.29, 1.82) is 0 Å². The van der Waals surface area contributed by atoms with Crippen LogP contribution in [0.3, 0.4) is 0 Å². The first-order valence-electron chi connectivity index (χ1n) is 10.4. The molecule has 3 rings (SSSR count). The Morgan fingerprint density at radius 1 is 0.967 bits per heavy atom. The van der Waals surface area contributed by atoms with Crippen LogP contribution in [0.25, 0.3) is 0 Å². The number of carbonyl (C=O) groups is 1. The predicted molar refractivity (Wildman–Crippen MR) is 117 cm³/mol. The van der Waals surface area contributed by atoms with Crippen molar-refractivity contribution in [3.05, 3.63) is 59.2 Å². The summed E-state index contributed by atoms with van der Waals surface area (Å²) in [5.74, 6) is 1.10. The standard InChI is InChI=1S/C20H22O6.2C2H6/c1-22-16-8-6-14(7-9-16)13-26-17-5-3-4-15(12-18(21)23-2)19(17)20-24-10-11-25-20;2*1-2/h3-9,20H,10-13H2,1-2H3;2*1-2H3. The van der Waals surface area contributed by atoms with E-state index in [9.17, 15) is 4.79 Å². The van der Waals surface area contributed by atoms with Gasteiger partial charge in [0.25, 0.3) is 0 Å². The summed E-state index contributed by atoms with van der Waals surface area (Å²) in [6.45, 7) is 9.40. The first kappa shape index (κ1) is 25.5. The molecule has 1 saturated heterocycles. The van der Waals surface area contributed by atoms with Crippen molar-refractivity contribution in [2.45, 2.75) is 47.0 Å². The van der Waals surface area contributed by atoms with Gasteiger partial charge in [-0.1, -0.05) is 52.0 Å². The second-order valence-corrected chi connectivity index (χ2v) is 5.79. The lowest BCUT2D eigenvalue weighted by molar-refractivity contribution is -0.139. The van der Waals surface area contributed by atoms with Crippen LogP contribution >= 0.6 is 0 Å². The number of hydrogen-bond donors (Lipinski definition) is 0. The lowest BCUT2D eigenvalue weighted by atomic mass is 10.0. The highest BCUT2D eigenvalue weighted by atomic mass is 16.7. The summed E-state index contributed by atoms with van der Waals surface area (Å²) in [4.78, 5) is 11.7. The van der Waals surface area contributed by atoms with E-state index in [1.807, 2.05) is 70.2 Å². The first-order chi connectivity index (χ1) is 14.7. The molecule has 1 aliphatic rings. The van der Waals surface area contributed by atoms with Crippen molar-refractivity contribution in [2.24, 2.45) is 0 Å². The Morgan fingerprint density at radius 3 is 2.17 bits per heavy atom. The van der Waals surface area contributed by atoms with Crippen molar-refractivity contribution in [3.8, 4) is 11.5 Å². The fraction of sp³-hybridized carbons (Fsp3) is 0.458. The smallest absolute Gasteiger partial charge is 0.309 e. The molecule has 0 N–H and O–H groups in total. The van der Waals surface area contributed by atoms with Gasteiger partial charge in [-0.25, -0.2) is 0 Å². The Bertz CT molecular complexity index is 736. The molecule has 2 aromatic carbocycles. The molecule has 0 amide bonds. The zero-order valence-corrected chi connectivity index (χ0v) is 18.9. The quantitative estimate of drug-likeness (QED) is 0.584. The summed E-state index contributed by atoms with van der Waals surface area (Å²) < 4.78 is 27.3. The molecule has 6 nitrogen and oxygen atoms in total. The second kappa shape index (κ2) is 14.4. The van der Waals surface area contributed by atoms with Gasteiger partial charge in [0, 0.05) is 0 Å². The number of esters is 1. The third-order valence-corrected chi connectivity index (χ3v) is 4.13. The monoisotopic (exact) mass is 418 g/mol. The summed E-state index contributed by atoms with van der Waals surface area (Å²) in [7, 11) is 3.00. The average molecular weight is 419 g/mol. The van der Waals surface area contributed by atoms with Gasteiger partial charge in [-0.3, -0.25) is 4.79 Å². The first-order valence-corrected chi connectivity index (χ1v) is 10.4. The largest absolute Gasteiger partial charge is 0.497 e. The molecule has 6 heteroatoms. The van der Waals surface area contributed by atoms with Crippen LogP contribution in [0.15, 0.2) is 42.5 Å². The molecular formula is C24H34O6. The van der Waals surface area contributed by atoms with Gasteiger partial charge in [-0.15, -0.1) is 0 Å². The predicted octanol–water partition coefficient (Wildman–Crippen LogP) is 5.09. The van der Waals surface area contributed by atoms with Gasteiger partial charge in [-0.05, 0) is 29.3 Å². The highest BCUT2D eigenvalue weighted by Gasteiger charge is 2.26. The molecular weight excluding hydrogens is 384 g/mol. The minimum Gasteiger partial charge on any atom is -0.497 e. The van der Waals surface area contributed by atoms with Gasteiger partial charge in [0.05, 0.1) is 39.4 Å². The third kappa shape index (κ3) is 7.35. The summed E-state index contributed by atoms with van der Waals surface area (Å²) in [5.41, 5.74) is 2.52. The van der Waals surface area contributed by atoms with Gasteiger partial charge >= 0.3 is 5.97 Å². The highest BCUT2D eigenvalue weighted by molar-refractivity contribution is 5.73. The molecule has 0 bridgehead atoms. The van der Waals surface area contributed by atoms with E-state index in [0.717, 1.165) is 22.4 Å². The van der Waals surface area contributed by atoms with Crippen molar-refractivity contribution in [2.75, 3.05) is 27.4 Å². The summed E-state index contributed by atoms with van der Waals surface area (Å²) >= 11 is 0. The Balaban J connectivity index is 0.00000106. The fourth-order valence-corrected chi connectivity index (χ4v) is 2.77. The molecule has 2 aromatic rings. The maximum atomic E-state index is 11.7. The number of carbonyl (C=O) groups excluding carboxylic acids is 1. The second-order valence-electron chi connectivity index (χ2n) is 5.79. The summed E-state index contributed by atoms with van der Waals surface area (Å²) in [6, 6.07) is 13.2. The van der Waals surface area contributed by atoms with Crippen molar-refractivity contribution >= 4 is 5.97 Å². The SMILES string of the molecule is CC.CC.COC(=O)Cc1cccc(OCc2ccc(OC)cc2)c1C1OCCO1. The van der Waals surface area contributed by atoms with Gasteiger partial charge in [0.2, 0.25) is 0 Å². The number of hydrogen-bond acceptors (Lipinski definition) is 6. The Morgan fingerprint density at radius 2 is 1.60 bits per heavy atom. The van der Waals surface area contributed by atoms with Crippen LogP contribution < -0.4 is 9.47 Å². The molecule has 1 aliphatic heterocycles. The molecule has 0 atom stereocenters. The minimum absolute atomic E-state index is 0.134. The Labute approximate surface area is 180 Å². The van der Waals surface area contributed by atoms with Crippen LogP contribution in [0.2, 0.25) is 0 Å². The molecule has 0 saturated carbocycles. The van der Waals surface area contributed by atoms with E-state index >= 15 is 0 Å². The fourth-order valence-electron chi connectivity index (χ4n) is 2.77.